The Morgan fingerprint density at radius 2 is 1.54 bits per heavy atom. The molecule has 4 fully saturated rings. The minimum absolute atomic E-state index is 0.106. The van der Waals surface area contributed by atoms with E-state index in [1.54, 1.807) is 19.0 Å². The fourth-order valence-electron chi connectivity index (χ4n) is 5.88. The number of carbonyl (C=O) groups excluding carboxylic acids is 2. The predicted molar refractivity (Wildman–Crippen MR) is 103 cm³/mol. The van der Waals surface area contributed by atoms with Gasteiger partial charge in [0.15, 0.2) is 0 Å². The van der Waals surface area contributed by atoms with E-state index in [0.717, 1.165) is 54.7 Å². The van der Waals surface area contributed by atoms with Gasteiger partial charge in [-0.2, -0.15) is 0 Å². The molecule has 0 aromatic heterocycles. The van der Waals surface area contributed by atoms with Gasteiger partial charge in [-0.3, -0.25) is 9.59 Å². The van der Waals surface area contributed by atoms with Gasteiger partial charge >= 0.3 is 0 Å². The van der Waals surface area contributed by atoms with E-state index in [1.807, 2.05) is 24.3 Å². The molecule has 140 valence electrons. The third-order valence-electron chi connectivity index (χ3n) is 6.86. The SMILES string of the molecule is CN(C)C(=O)CCc1ccc(NC(=O)C23CC4CC(CC(C4)C2)C3)cc1. The second-order valence-electron chi connectivity index (χ2n) is 9.14. The Balaban J connectivity index is 1.37. The maximum atomic E-state index is 13.1. The van der Waals surface area contributed by atoms with Crippen molar-refractivity contribution in [1.82, 2.24) is 4.90 Å². The summed E-state index contributed by atoms with van der Waals surface area (Å²) in [4.78, 5) is 26.4. The summed E-state index contributed by atoms with van der Waals surface area (Å²) in [6.45, 7) is 0. The number of nitrogens with one attached hydrogen (secondary N) is 1. The number of nitrogens with zero attached hydrogens (tertiary/aromatic N) is 1. The van der Waals surface area contributed by atoms with Gasteiger partial charge in [0, 0.05) is 26.2 Å². The lowest BCUT2D eigenvalue weighted by Gasteiger charge is -2.55. The standard InChI is InChI=1S/C22H30N2O2/c1-24(2)20(25)8-5-15-3-6-19(7-4-15)23-21(26)22-12-16-9-17(13-22)11-18(10-16)14-22/h3-4,6-7,16-18H,5,8-14H2,1-2H3,(H,23,26). The third kappa shape index (κ3) is 3.38. The lowest BCUT2D eigenvalue weighted by Crippen LogP contribution is -2.51. The zero-order valence-corrected chi connectivity index (χ0v) is 16.0. The molecule has 0 radical (unpaired) electrons. The van der Waals surface area contributed by atoms with Crippen molar-refractivity contribution in [3.8, 4) is 0 Å². The smallest absolute Gasteiger partial charge is 0.230 e. The molecule has 2 amide bonds. The summed E-state index contributed by atoms with van der Waals surface area (Å²) in [6, 6.07) is 8.01. The number of hydrogen-bond donors (Lipinski definition) is 1. The fraction of sp³-hybridized carbons (Fsp3) is 0.636. The van der Waals surface area contributed by atoms with Crippen LogP contribution in [0, 0.1) is 23.2 Å². The van der Waals surface area contributed by atoms with E-state index in [4.69, 9.17) is 0 Å². The van der Waals surface area contributed by atoms with Crippen LogP contribution in [0.4, 0.5) is 5.69 Å². The van der Waals surface area contributed by atoms with Crippen molar-refractivity contribution in [2.45, 2.75) is 51.4 Å². The normalized spacial score (nSPS) is 31.7. The van der Waals surface area contributed by atoms with E-state index in [-0.39, 0.29) is 17.2 Å². The number of hydrogen-bond acceptors (Lipinski definition) is 2. The van der Waals surface area contributed by atoms with Crippen LogP contribution in [0.2, 0.25) is 0 Å². The molecule has 0 aliphatic heterocycles. The van der Waals surface area contributed by atoms with Crippen molar-refractivity contribution in [3.05, 3.63) is 29.8 Å². The Hall–Kier alpha value is -1.84. The number of benzene rings is 1. The molecule has 26 heavy (non-hydrogen) atoms. The molecule has 4 bridgehead atoms. The quantitative estimate of drug-likeness (QED) is 0.873. The molecule has 0 spiro atoms. The van der Waals surface area contributed by atoms with E-state index in [9.17, 15) is 9.59 Å². The molecule has 4 aliphatic rings. The number of amides is 2. The molecule has 4 saturated carbocycles. The Labute approximate surface area is 156 Å². The number of rotatable bonds is 5. The van der Waals surface area contributed by atoms with Gasteiger partial charge in [-0.1, -0.05) is 12.1 Å². The first-order valence-electron chi connectivity index (χ1n) is 10.0. The summed E-state index contributed by atoms with van der Waals surface area (Å²) in [5, 5.41) is 3.20. The highest BCUT2D eigenvalue weighted by molar-refractivity contribution is 5.95. The van der Waals surface area contributed by atoms with Crippen molar-refractivity contribution in [3.63, 3.8) is 0 Å². The van der Waals surface area contributed by atoms with Gasteiger partial charge in [-0.25, -0.2) is 0 Å². The minimum Gasteiger partial charge on any atom is -0.349 e. The zero-order chi connectivity index (χ0) is 18.3. The molecule has 4 heteroatoms. The van der Waals surface area contributed by atoms with Gasteiger partial charge in [0.25, 0.3) is 0 Å². The highest BCUT2D eigenvalue weighted by Gasteiger charge is 2.54. The average molecular weight is 354 g/mol. The van der Waals surface area contributed by atoms with Crippen LogP contribution < -0.4 is 5.32 Å². The van der Waals surface area contributed by atoms with E-state index in [2.05, 4.69) is 5.32 Å². The average Bonchev–Trinajstić information content (AvgIpc) is 2.59. The van der Waals surface area contributed by atoms with Crippen molar-refractivity contribution in [2.24, 2.45) is 23.2 Å². The molecule has 1 aromatic carbocycles. The molecule has 4 aliphatic carbocycles. The van der Waals surface area contributed by atoms with E-state index in [0.29, 0.717) is 6.42 Å². The summed E-state index contributed by atoms with van der Waals surface area (Å²) >= 11 is 0. The fourth-order valence-corrected chi connectivity index (χ4v) is 5.88. The van der Waals surface area contributed by atoms with Gasteiger partial charge < -0.3 is 10.2 Å². The van der Waals surface area contributed by atoms with Crippen molar-refractivity contribution < 1.29 is 9.59 Å². The summed E-state index contributed by atoms with van der Waals surface area (Å²) in [7, 11) is 3.57. The van der Waals surface area contributed by atoms with E-state index >= 15 is 0 Å². The molecule has 0 saturated heterocycles. The highest BCUT2D eigenvalue weighted by Crippen LogP contribution is 2.60. The zero-order valence-electron chi connectivity index (χ0n) is 16.0. The Morgan fingerprint density at radius 1 is 1.00 bits per heavy atom. The topological polar surface area (TPSA) is 49.4 Å². The molecular formula is C22H30N2O2. The van der Waals surface area contributed by atoms with Crippen molar-refractivity contribution >= 4 is 17.5 Å². The molecular weight excluding hydrogens is 324 g/mol. The maximum Gasteiger partial charge on any atom is 0.230 e. The van der Waals surface area contributed by atoms with Crippen LogP contribution in [0.15, 0.2) is 24.3 Å². The van der Waals surface area contributed by atoms with Crippen LogP contribution in [0.25, 0.3) is 0 Å². The van der Waals surface area contributed by atoms with Gasteiger partial charge in [0.2, 0.25) is 11.8 Å². The van der Waals surface area contributed by atoms with Crippen molar-refractivity contribution in [2.75, 3.05) is 19.4 Å². The first-order valence-corrected chi connectivity index (χ1v) is 10.0. The Kier molecular flexibility index (Phi) is 4.54. The molecule has 0 heterocycles. The number of aryl methyl sites for hydroxylation is 1. The lowest BCUT2D eigenvalue weighted by atomic mass is 9.49. The molecule has 4 nitrogen and oxygen atoms in total. The van der Waals surface area contributed by atoms with Gasteiger partial charge in [-0.05, 0) is 80.4 Å². The molecule has 0 unspecified atom stereocenters. The summed E-state index contributed by atoms with van der Waals surface area (Å²) in [6.07, 6.45) is 8.60. The van der Waals surface area contributed by atoms with Crippen LogP contribution in [-0.2, 0) is 16.0 Å². The first kappa shape index (κ1) is 17.6. The molecule has 1 aromatic rings. The third-order valence-corrected chi connectivity index (χ3v) is 6.86. The predicted octanol–water partition coefficient (Wildman–Crippen LogP) is 3.86. The minimum atomic E-state index is -0.106. The van der Waals surface area contributed by atoms with Crippen LogP contribution in [0.5, 0.6) is 0 Å². The van der Waals surface area contributed by atoms with E-state index in [1.165, 1.54) is 19.3 Å². The Bertz CT molecular complexity index is 657. The van der Waals surface area contributed by atoms with Crippen LogP contribution in [-0.4, -0.2) is 30.8 Å². The van der Waals surface area contributed by atoms with Crippen LogP contribution in [0.1, 0.15) is 50.5 Å². The number of anilines is 1. The summed E-state index contributed by atoms with van der Waals surface area (Å²) in [5.41, 5.74) is 1.91. The summed E-state index contributed by atoms with van der Waals surface area (Å²) < 4.78 is 0. The molecule has 1 N–H and O–H groups in total. The first-order chi connectivity index (χ1) is 12.4. The number of carbonyl (C=O) groups is 2. The van der Waals surface area contributed by atoms with Gasteiger partial charge in [0.05, 0.1) is 5.41 Å². The van der Waals surface area contributed by atoms with Gasteiger partial charge in [-0.15, -0.1) is 0 Å². The van der Waals surface area contributed by atoms with Gasteiger partial charge in [0.1, 0.15) is 0 Å². The van der Waals surface area contributed by atoms with Crippen molar-refractivity contribution in [1.29, 1.82) is 0 Å². The Morgan fingerprint density at radius 3 is 2.04 bits per heavy atom. The lowest BCUT2D eigenvalue weighted by molar-refractivity contribution is -0.140. The highest BCUT2D eigenvalue weighted by atomic mass is 16.2. The van der Waals surface area contributed by atoms with Crippen LogP contribution in [0.3, 0.4) is 0 Å². The molecule has 5 rings (SSSR count). The largest absolute Gasteiger partial charge is 0.349 e. The second-order valence-corrected chi connectivity index (χ2v) is 9.14. The monoisotopic (exact) mass is 354 g/mol. The summed E-state index contributed by atoms with van der Waals surface area (Å²) in [5.74, 6) is 2.73. The van der Waals surface area contributed by atoms with Crippen LogP contribution >= 0.6 is 0 Å². The maximum absolute atomic E-state index is 13.1. The molecule has 0 atom stereocenters. The van der Waals surface area contributed by atoms with E-state index < -0.39 is 0 Å². The second kappa shape index (κ2) is 6.71.